The Labute approximate surface area is 361 Å². The normalized spacial score (nSPS) is 15.2. The van der Waals surface area contributed by atoms with E-state index >= 15 is 0 Å². The number of hydrogen-bond donors (Lipinski definition) is 0. The highest BCUT2D eigenvalue weighted by Gasteiger charge is 2.40. The first-order chi connectivity index (χ1) is 33.5. The maximum Gasteiger partial charge on any atom is 0.269 e. The highest BCUT2D eigenvalue weighted by molar-refractivity contribution is 6.98. The van der Waals surface area contributed by atoms with Crippen molar-refractivity contribution in [2.45, 2.75) is 26.2 Å². The number of hydrogen-bond acceptors (Lipinski definition) is 4. The van der Waals surface area contributed by atoms with Gasteiger partial charge in [-0.3, -0.25) is 13.7 Å². The van der Waals surface area contributed by atoms with Crippen molar-refractivity contribution in [2.75, 3.05) is 0 Å². The fourth-order valence-corrected chi connectivity index (χ4v) is 8.35. The molecule has 0 aliphatic carbocycles. The number of para-hydroxylation sites is 5. The Balaban J connectivity index is 0.993. The summed E-state index contributed by atoms with van der Waals surface area (Å²) in [6, 6.07) is 28.1. The van der Waals surface area contributed by atoms with Crippen molar-refractivity contribution in [3.63, 3.8) is 0 Å². The van der Waals surface area contributed by atoms with Gasteiger partial charge >= 0.3 is 0 Å². The molecule has 0 N–H and O–H groups in total. The van der Waals surface area contributed by atoms with Gasteiger partial charge in [0.25, 0.3) is 13.0 Å². The highest BCUT2D eigenvalue weighted by atomic mass is 16.5. The third kappa shape index (κ3) is 5.37. The maximum atomic E-state index is 9.74. The van der Waals surface area contributed by atoms with E-state index in [0.717, 1.165) is 33.2 Å². The number of rotatable bonds is 5. The number of benzene rings is 7. The molecule has 60 heavy (non-hydrogen) atoms. The van der Waals surface area contributed by atoms with Crippen molar-refractivity contribution in [3.8, 4) is 51.7 Å². The smallest absolute Gasteiger partial charge is 0.269 e. The van der Waals surface area contributed by atoms with Crippen molar-refractivity contribution in [1.82, 2.24) is 14.1 Å². The first-order valence-corrected chi connectivity index (χ1v) is 19.5. The van der Waals surface area contributed by atoms with Crippen LogP contribution in [0.25, 0.3) is 50.0 Å². The van der Waals surface area contributed by atoms with Crippen LogP contribution in [0.15, 0.2) is 170 Å². The summed E-state index contributed by atoms with van der Waals surface area (Å²) in [6.45, 7) is 5.23. The highest BCUT2D eigenvalue weighted by Crippen LogP contribution is 2.38. The molecule has 0 atom stereocenters. The molecule has 0 spiro atoms. The van der Waals surface area contributed by atoms with Gasteiger partial charge in [0.2, 0.25) is 0 Å². The van der Waals surface area contributed by atoms with E-state index in [1.165, 1.54) is 4.57 Å². The predicted molar refractivity (Wildman–Crippen MR) is 239 cm³/mol. The van der Waals surface area contributed by atoms with Crippen LogP contribution in [0.4, 0.5) is 0 Å². The van der Waals surface area contributed by atoms with E-state index in [-0.39, 0.29) is 62.6 Å². The second-order valence-electron chi connectivity index (χ2n) is 15.8. The average molecular weight is 787 g/mol. The van der Waals surface area contributed by atoms with Gasteiger partial charge in [0.05, 0.1) is 47.1 Å². The van der Waals surface area contributed by atoms with E-state index in [1.807, 2.05) is 72.9 Å². The molecule has 7 aromatic carbocycles. The standard InChI is InChI=1S/C52H37BN4O3/c1-52(2,3)33-25-26-54-50(27-33)57-42-18-7-4-15-38(42)39-24-23-37(31-45(39)57)58-36-14-12-13-34(28-36)55-32-56(44-20-9-8-19-43(44)55)35-29-48-51-49(30-35)60-47-22-11-6-17-41(47)53(51)40-16-5-10-21-46(40)59-48/h4-31H,1-3H3/i5D,6D,10D,11D,16D,17D,21D,22D,29D,30D. The molecule has 3 aromatic heterocycles. The fraction of sp³-hybridized carbons (Fsp3) is 0.0769. The lowest BCUT2D eigenvalue weighted by atomic mass is 9.35. The molecule has 2 aliphatic rings. The lowest BCUT2D eigenvalue weighted by Gasteiger charge is -2.33. The summed E-state index contributed by atoms with van der Waals surface area (Å²) in [6.07, 6.45) is 5.19. The number of ether oxygens (including phenoxy) is 3. The van der Waals surface area contributed by atoms with Crippen LogP contribution in [0.3, 0.4) is 0 Å². The van der Waals surface area contributed by atoms with Gasteiger partial charge in [-0.1, -0.05) is 106 Å². The van der Waals surface area contributed by atoms with Crippen molar-refractivity contribution < 1.29 is 32.5 Å². The summed E-state index contributed by atoms with van der Waals surface area (Å²) in [5, 5.41) is 2.13. The van der Waals surface area contributed by atoms with Gasteiger partial charge in [0, 0.05) is 28.5 Å². The van der Waals surface area contributed by atoms with E-state index in [9.17, 15) is 2.74 Å². The number of imidazole rings is 1. The largest absolute Gasteiger partial charge is 0.459 e. The van der Waals surface area contributed by atoms with Crippen molar-refractivity contribution in [1.29, 1.82) is 0 Å². The second kappa shape index (κ2) is 13.0. The quantitative estimate of drug-likeness (QED) is 0.0991. The Bertz CT molecular complexity index is 3860. The van der Waals surface area contributed by atoms with Crippen molar-refractivity contribution in [2.24, 2.45) is 0 Å². The van der Waals surface area contributed by atoms with E-state index in [0.29, 0.717) is 28.2 Å². The monoisotopic (exact) mass is 786 g/mol. The van der Waals surface area contributed by atoms with Gasteiger partial charge in [0.15, 0.2) is 0 Å². The molecule has 5 heterocycles. The zero-order chi connectivity index (χ0) is 48.8. The Morgan fingerprint density at radius 2 is 1.37 bits per heavy atom. The summed E-state index contributed by atoms with van der Waals surface area (Å²) in [5.41, 5.74) is 4.60. The van der Waals surface area contributed by atoms with Crippen LogP contribution in [0.1, 0.15) is 40.0 Å². The Morgan fingerprint density at radius 1 is 0.683 bits per heavy atom. The third-order valence-electron chi connectivity index (χ3n) is 11.2. The molecule has 0 bridgehead atoms. The van der Waals surface area contributed by atoms with Crippen LogP contribution in [0.2, 0.25) is 0 Å². The first-order valence-electron chi connectivity index (χ1n) is 24.5. The van der Waals surface area contributed by atoms with Gasteiger partial charge in [-0.25, -0.2) is 4.98 Å². The number of nitrogens with zero attached hydrogens (tertiary/aromatic N) is 4. The van der Waals surface area contributed by atoms with Crippen LogP contribution in [0.5, 0.6) is 34.5 Å². The summed E-state index contributed by atoms with van der Waals surface area (Å²) >= 11 is 0. The van der Waals surface area contributed by atoms with Gasteiger partial charge in [-0.2, -0.15) is 0 Å². The van der Waals surface area contributed by atoms with Gasteiger partial charge in [-0.05, 0) is 94.6 Å². The number of aromatic nitrogens is 4. The topological polar surface area (TPSA) is 54.3 Å². The lowest BCUT2D eigenvalue weighted by Crippen LogP contribution is -2.57. The minimum Gasteiger partial charge on any atom is -0.459 e. The van der Waals surface area contributed by atoms with Gasteiger partial charge in [-0.15, -0.1) is 0 Å². The first kappa shape index (κ1) is 25.7. The molecule has 0 fully saturated rings. The van der Waals surface area contributed by atoms with Gasteiger partial charge < -0.3 is 14.2 Å². The number of fused-ring (bicyclic) bond motifs is 8. The zero-order valence-electron chi connectivity index (χ0n) is 42.5. The van der Waals surface area contributed by atoms with E-state index in [4.69, 9.17) is 30.2 Å². The number of pyridine rings is 1. The summed E-state index contributed by atoms with van der Waals surface area (Å²) in [4.78, 5) is 4.82. The maximum absolute atomic E-state index is 9.74. The van der Waals surface area contributed by atoms with Crippen molar-refractivity contribution in [3.05, 3.63) is 182 Å². The fourth-order valence-electron chi connectivity index (χ4n) is 8.35. The molecule has 0 saturated carbocycles. The van der Waals surface area contributed by atoms with Crippen molar-refractivity contribution >= 4 is 55.9 Å². The summed E-state index contributed by atoms with van der Waals surface area (Å²) in [7, 11) is 0. The Hall–Kier alpha value is -7.58. The van der Waals surface area contributed by atoms with E-state index < -0.39 is 55.1 Å². The molecule has 0 radical (unpaired) electrons. The molecule has 2 aliphatic heterocycles. The van der Waals surface area contributed by atoms with Crippen LogP contribution >= 0.6 is 0 Å². The summed E-state index contributed by atoms with van der Waals surface area (Å²) < 4.78 is 114. The Kier molecular flexibility index (Phi) is 5.56. The molecule has 0 saturated heterocycles. The minimum absolute atomic E-state index is 0.0382. The molecular formula is C52H37BN4O3. The second-order valence-corrected chi connectivity index (χ2v) is 15.8. The molecule has 0 unspecified atom stereocenters. The Morgan fingerprint density at radius 3 is 2.13 bits per heavy atom. The summed E-state index contributed by atoms with van der Waals surface area (Å²) in [5.74, 6) is 0.925. The van der Waals surface area contributed by atoms with E-state index in [1.54, 1.807) is 16.7 Å². The minimum atomic E-state index is -1.30. The molecule has 7 nitrogen and oxygen atoms in total. The van der Waals surface area contributed by atoms with Crippen LogP contribution < -0.4 is 35.2 Å². The van der Waals surface area contributed by atoms with Gasteiger partial charge in [0.1, 0.15) is 40.3 Å². The average Bonchev–Trinajstić information content (AvgIpc) is 3.90. The van der Waals surface area contributed by atoms with E-state index in [2.05, 4.69) is 55.9 Å². The van der Waals surface area contributed by atoms with Crippen LogP contribution in [-0.2, 0) is 5.41 Å². The zero-order valence-corrected chi connectivity index (χ0v) is 32.5. The molecule has 286 valence electrons. The third-order valence-corrected chi connectivity index (χ3v) is 11.2. The van der Waals surface area contributed by atoms with Crippen LogP contribution in [0, 0.1) is 6.33 Å². The molecule has 8 heteroatoms. The molecule has 10 aromatic rings. The molecule has 0 amide bonds. The SMILES string of the molecule is [2H]c1c([2H])c([2H])c2c(c1[2H])Oc1c([2H])c(-[n+]3[c-]n(-c4cccc(Oc5ccc6c7ccccc7n(-c7cc(C(C)(C)C)ccn7)c6c5)c4)c4ccccc43)c([2H])c3c1B2c1c([2H])c([2H])c([2H])c([2H])c1O3. The predicted octanol–water partition coefficient (Wildman–Crippen LogP) is 10.0. The lowest BCUT2D eigenvalue weighted by molar-refractivity contribution is -0.572. The molecular weight excluding hydrogens is 739 g/mol. The molecule has 12 rings (SSSR count). The van der Waals surface area contributed by atoms with Crippen LogP contribution in [-0.4, -0.2) is 20.8 Å².